The molecule has 102 valence electrons. The number of sulfonamides is 1. The number of hydrogen-bond acceptors (Lipinski definition) is 3. The third-order valence-corrected chi connectivity index (χ3v) is 4.31. The minimum Gasteiger partial charge on any atom is -0.326 e. The highest BCUT2D eigenvalue weighted by molar-refractivity contribution is 7.89. The van der Waals surface area contributed by atoms with Gasteiger partial charge in [-0.05, 0) is 37.1 Å². The summed E-state index contributed by atoms with van der Waals surface area (Å²) in [6.07, 6.45) is 4.66. The van der Waals surface area contributed by atoms with Gasteiger partial charge < -0.3 is 5.32 Å². The van der Waals surface area contributed by atoms with E-state index in [9.17, 15) is 13.2 Å². The topological polar surface area (TPSA) is 75.3 Å². The van der Waals surface area contributed by atoms with Crippen molar-refractivity contribution in [3.63, 3.8) is 0 Å². The largest absolute Gasteiger partial charge is 0.326 e. The Hall–Kier alpha value is -1.66. The molecule has 2 N–H and O–H groups in total. The van der Waals surface area contributed by atoms with Gasteiger partial charge in [0.1, 0.15) is 0 Å². The molecule has 0 saturated heterocycles. The zero-order chi connectivity index (χ0) is 13.9. The lowest BCUT2D eigenvalue weighted by molar-refractivity contribution is -0.115. The van der Waals surface area contributed by atoms with Crippen LogP contribution in [0.4, 0.5) is 5.69 Å². The Bertz CT molecular complexity index is 621. The first-order valence-corrected chi connectivity index (χ1v) is 7.55. The van der Waals surface area contributed by atoms with Crippen molar-refractivity contribution in [3.8, 4) is 0 Å². The van der Waals surface area contributed by atoms with Crippen LogP contribution in [0.15, 0.2) is 35.2 Å². The molecule has 2 rings (SSSR count). The lowest BCUT2D eigenvalue weighted by Gasteiger charge is -2.07. The fourth-order valence-electron chi connectivity index (χ4n) is 1.90. The van der Waals surface area contributed by atoms with E-state index in [4.69, 9.17) is 0 Å². The van der Waals surface area contributed by atoms with Crippen LogP contribution in [-0.2, 0) is 21.2 Å². The molecule has 1 aliphatic heterocycles. The summed E-state index contributed by atoms with van der Waals surface area (Å²) in [7, 11) is -3.50. The fourth-order valence-corrected chi connectivity index (χ4v) is 3.00. The zero-order valence-corrected chi connectivity index (χ0v) is 11.5. The smallest absolute Gasteiger partial charge is 0.240 e. The normalized spacial score (nSPS) is 14.7. The van der Waals surface area contributed by atoms with E-state index >= 15 is 0 Å². The van der Waals surface area contributed by atoms with Crippen molar-refractivity contribution < 1.29 is 13.2 Å². The fraction of sp³-hybridized carbons (Fsp3) is 0.308. The van der Waals surface area contributed by atoms with Crippen molar-refractivity contribution in [1.29, 1.82) is 0 Å². The SMILES string of the molecule is C/C=C/CCNS(=O)(=O)c1ccc2c(c1)CC(=O)N2. The average Bonchev–Trinajstić information content (AvgIpc) is 2.73. The van der Waals surface area contributed by atoms with Crippen LogP contribution in [0.3, 0.4) is 0 Å². The highest BCUT2D eigenvalue weighted by Crippen LogP contribution is 2.25. The number of anilines is 1. The maximum Gasteiger partial charge on any atom is 0.240 e. The second-order valence-electron chi connectivity index (χ2n) is 4.30. The van der Waals surface area contributed by atoms with E-state index in [0.29, 0.717) is 18.7 Å². The number of amides is 1. The molecule has 1 aliphatic rings. The van der Waals surface area contributed by atoms with Gasteiger partial charge in [0.2, 0.25) is 15.9 Å². The van der Waals surface area contributed by atoms with Crippen LogP contribution in [0.1, 0.15) is 18.9 Å². The Labute approximate surface area is 112 Å². The summed E-state index contributed by atoms with van der Waals surface area (Å²) in [5.41, 5.74) is 1.42. The molecule has 1 aromatic rings. The van der Waals surface area contributed by atoms with Crippen LogP contribution >= 0.6 is 0 Å². The zero-order valence-electron chi connectivity index (χ0n) is 10.6. The van der Waals surface area contributed by atoms with Crippen molar-refractivity contribution in [1.82, 2.24) is 4.72 Å². The Morgan fingerprint density at radius 3 is 2.95 bits per heavy atom. The van der Waals surface area contributed by atoms with Crippen LogP contribution in [0, 0.1) is 0 Å². The monoisotopic (exact) mass is 280 g/mol. The highest BCUT2D eigenvalue weighted by Gasteiger charge is 2.21. The van der Waals surface area contributed by atoms with E-state index in [2.05, 4.69) is 10.0 Å². The number of benzene rings is 1. The van der Waals surface area contributed by atoms with Crippen LogP contribution in [0.5, 0.6) is 0 Å². The van der Waals surface area contributed by atoms with E-state index in [-0.39, 0.29) is 17.2 Å². The maximum absolute atomic E-state index is 12.0. The molecule has 0 aromatic heterocycles. The molecule has 19 heavy (non-hydrogen) atoms. The van der Waals surface area contributed by atoms with Gasteiger partial charge in [-0.15, -0.1) is 0 Å². The first-order chi connectivity index (χ1) is 9.03. The van der Waals surface area contributed by atoms with Gasteiger partial charge in [0, 0.05) is 12.2 Å². The number of nitrogens with one attached hydrogen (secondary N) is 2. The van der Waals surface area contributed by atoms with E-state index in [1.165, 1.54) is 6.07 Å². The van der Waals surface area contributed by atoms with Crippen LogP contribution in [0.2, 0.25) is 0 Å². The maximum atomic E-state index is 12.0. The van der Waals surface area contributed by atoms with Crippen molar-refractivity contribution in [2.45, 2.75) is 24.7 Å². The van der Waals surface area contributed by atoms with Gasteiger partial charge in [-0.25, -0.2) is 13.1 Å². The lowest BCUT2D eigenvalue weighted by Crippen LogP contribution is -2.24. The molecule has 0 radical (unpaired) electrons. The Morgan fingerprint density at radius 1 is 1.42 bits per heavy atom. The second kappa shape index (κ2) is 5.54. The van der Waals surface area contributed by atoms with E-state index in [1.54, 1.807) is 12.1 Å². The molecule has 0 atom stereocenters. The number of fused-ring (bicyclic) bond motifs is 1. The number of carbonyl (C=O) groups is 1. The third-order valence-electron chi connectivity index (χ3n) is 2.85. The quantitative estimate of drug-likeness (QED) is 0.633. The standard InChI is InChI=1S/C13H16N2O3S/c1-2-3-4-7-14-19(17,18)11-5-6-12-10(8-11)9-13(16)15-12/h2-3,5-6,8,14H,4,7,9H2,1H3,(H,15,16)/b3-2+. The Morgan fingerprint density at radius 2 is 2.21 bits per heavy atom. The van der Waals surface area contributed by atoms with Gasteiger partial charge >= 0.3 is 0 Å². The molecule has 1 amide bonds. The molecule has 0 aliphatic carbocycles. The molecule has 0 fully saturated rings. The first kappa shape index (κ1) is 13.8. The molecule has 1 heterocycles. The van der Waals surface area contributed by atoms with Gasteiger partial charge in [0.25, 0.3) is 0 Å². The molecule has 6 heteroatoms. The van der Waals surface area contributed by atoms with Gasteiger partial charge in [-0.2, -0.15) is 0 Å². The number of rotatable bonds is 5. The van der Waals surface area contributed by atoms with Crippen LogP contribution in [0.25, 0.3) is 0 Å². The third kappa shape index (κ3) is 3.21. The van der Waals surface area contributed by atoms with E-state index < -0.39 is 10.0 Å². The summed E-state index contributed by atoms with van der Waals surface area (Å²) < 4.78 is 26.6. The summed E-state index contributed by atoms with van der Waals surface area (Å²) in [5, 5.41) is 2.67. The molecule has 0 spiro atoms. The minimum absolute atomic E-state index is 0.106. The van der Waals surface area contributed by atoms with Crippen molar-refractivity contribution in [2.24, 2.45) is 0 Å². The highest BCUT2D eigenvalue weighted by atomic mass is 32.2. The first-order valence-electron chi connectivity index (χ1n) is 6.06. The predicted molar refractivity (Wildman–Crippen MR) is 73.4 cm³/mol. The summed E-state index contributed by atoms with van der Waals surface area (Å²) in [4.78, 5) is 11.4. The van der Waals surface area contributed by atoms with Gasteiger partial charge in [-0.3, -0.25) is 4.79 Å². The van der Waals surface area contributed by atoms with E-state index in [0.717, 1.165) is 5.56 Å². The number of allylic oxidation sites excluding steroid dienone is 1. The summed E-state index contributed by atoms with van der Waals surface area (Å²) >= 11 is 0. The average molecular weight is 280 g/mol. The second-order valence-corrected chi connectivity index (χ2v) is 6.07. The van der Waals surface area contributed by atoms with Crippen LogP contribution < -0.4 is 10.0 Å². The molecule has 1 aromatic carbocycles. The minimum atomic E-state index is -3.50. The van der Waals surface area contributed by atoms with Gasteiger partial charge in [0.15, 0.2) is 0 Å². The molecular weight excluding hydrogens is 264 g/mol. The molecule has 0 bridgehead atoms. The van der Waals surface area contributed by atoms with Crippen molar-refractivity contribution in [3.05, 3.63) is 35.9 Å². The molecule has 5 nitrogen and oxygen atoms in total. The number of hydrogen-bond donors (Lipinski definition) is 2. The lowest BCUT2D eigenvalue weighted by atomic mass is 10.2. The van der Waals surface area contributed by atoms with E-state index in [1.807, 2.05) is 19.1 Å². The Balaban J connectivity index is 2.13. The summed E-state index contributed by atoms with van der Waals surface area (Å²) in [6.45, 7) is 2.25. The van der Waals surface area contributed by atoms with Crippen molar-refractivity contribution >= 4 is 21.6 Å². The van der Waals surface area contributed by atoms with Crippen LogP contribution in [-0.4, -0.2) is 20.9 Å². The Kier molecular flexibility index (Phi) is 4.01. The van der Waals surface area contributed by atoms with Gasteiger partial charge in [0.05, 0.1) is 11.3 Å². The van der Waals surface area contributed by atoms with Gasteiger partial charge in [-0.1, -0.05) is 12.2 Å². The summed E-state index contributed by atoms with van der Waals surface area (Å²) in [5.74, 6) is -0.106. The molecular formula is C13H16N2O3S. The predicted octanol–water partition coefficient (Wildman–Crippen LogP) is 1.43. The summed E-state index contributed by atoms with van der Waals surface area (Å²) in [6, 6.07) is 4.67. The van der Waals surface area contributed by atoms with Crippen molar-refractivity contribution in [2.75, 3.05) is 11.9 Å². The molecule has 0 saturated carbocycles. The molecule has 0 unspecified atom stereocenters. The number of carbonyl (C=O) groups excluding carboxylic acids is 1.